The third-order valence-corrected chi connectivity index (χ3v) is 3.06. The molecule has 0 aliphatic carbocycles. The van der Waals surface area contributed by atoms with Gasteiger partial charge >= 0.3 is 0 Å². The highest BCUT2D eigenvalue weighted by molar-refractivity contribution is 5.81. The molecule has 2 rings (SSSR count). The average molecular weight is 255 g/mol. The number of hydrogen-bond acceptors (Lipinski definition) is 5. The molecule has 0 bridgehead atoms. The molecular weight excluding hydrogens is 238 g/mol. The lowest BCUT2D eigenvalue weighted by Crippen LogP contribution is -2.22. The van der Waals surface area contributed by atoms with Gasteiger partial charge < -0.3 is 5.73 Å². The minimum absolute atomic E-state index is 0.394. The van der Waals surface area contributed by atoms with Crippen LogP contribution in [0.2, 0.25) is 0 Å². The van der Waals surface area contributed by atoms with Crippen molar-refractivity contribution in [1.29, 1.82) is 5.26 Å². The molecule has 5 nitrogen and oxygen atoms in total. The summed E-state index contributed by atoms with van der Waals surface area (Å²) in [5, 5.41) is 8.66. The molecule has 2 N–H and O–H groups in total. The Hall–Kier alpha value is -2.19. The van der Waals surface area contributed by atoms with Crippen molar-refractivity contribution in [1.82, 2.24) is 9.88 Å². The molecule has 5 heteroatoms. The van der Waals surface area contributed by atoms with E-state index < -0.39 is 0 Å². The fraction of sp³-hybridized carbons (Fsp3) is 0.357. The van der Waals surface area contributed by atoms with Gasteiger partial charge in [0.1, 0.15) is 11.8 Å². The van der Waals surface area contributed by atoms with E-state index in [1.807, 2.05) is 6.07 Å². The monoisotopic (exact) mass is 255 g/mol. The standard InChI is InChI=1S/C14H17N5/c15-7-12(11-19-5-1-2-6-19)9-17-14-4-3-13(8-16)18-10-14/h3-4,7,9-10H,1-2,5-6,11,15H2/b12-7+,17-9?. The Morgan fingerprint density at radius 3 is 2.84 bits per heavy atom. The van der Waals surface area contributed by atoms with Crippen LogP contribution < -0.4 is 5.73 Å². The molecule has 1 aromatic heterocycles. The second kappa shape index (κ2) is 6.66. The highest BCUT2D eigenvalue weighted by atomic mass is 15.1. The molecule has 1 aliphatic heterocycles. The van der Waals surface area contributed by atoms with Gasteiger partial charge in [-0.1, -0.05) is 0 Å². The summed E-state index contributed by atoms with van der Waals surface area (Å²) < 4.78 is 0. The van der Waals surface area contributed by atoms with Crippen molar-refractivity contribution < 1.29 is 0 Å². The first kappa shape index (κ1) is 13.2. The number of rotatable bonds is 4. The number of pyridine rings is 1. The smallest absolute Gasteiger partial charge is 0.140 e. The molecular formula is C14H17N5. The Labute approximate surface area is 113 Å². The summed E-state index contributed by atoms with van der Waals surface area (Å²) in [7, 11) is 0. The zero-order valence-electron chi connectivity index (χ0n) is 10.8. The van der Waals surface area contributed by atoms with Crippen LogP contribution in [0.5, 0.6) is 0 Å². The highest BCUT2D eigenvalue weighted by Gasteiger charge is 2.11. The van der Waals surface area contributed by atoms with Crippen molar-refractivity contribution in [2.24, 2.45) is 10.7 Å². The first-order valence-corrected chi connectivity index (χ1v) is 6.35. The molecule has 1 aromatic rings. The summed E-state index contributed by atoms with van der Waals surface area (Å²) in [5.41, 5.74) is 7.73. The van der Waals surface area contributed by atoms with Crippen molar-refractivity contribution >= 4 is 11.9 Å². The van der Waals surface area contributed by atoms with Gasteiger partial charge in [0.15, 0.2) is 0 Å². The Balaban J connectivity index is 1.96. The summed E-state index contributed by atoms with van der Waals surface area (Å²) in [5.74, 6) is 0. The van der Waals surface area contributed by atoms with Gasteiger partial charge in [0, 0.05) is 12.8 Å². The lowest BCUT2D eigenvalue weighted by atomic mass is 10.3. The van der Waals surface area contributed by atoms with E-state index in [1.165, 1.54) is 12.8 Å². The maximum absolute atomic E-state index is 8.66. The largest absolute Gasteiger partial charge is 0.404 e. The van der Waals surface area contributed by atoms with E-state index in [0.717, 1.165) is 30.9 Å². The van der Waals surface area contributed by atoms with Crippen LogP contribution in [0.15, 0.2) is 35.1 Å². The molecule has 1 saturated heterocycles. The normalized spacial score (nSPS) is 16.9. The summed E-state index contributed by atoms with van der Waals surface area (Å²) in [6, 6.07) is 5.40. The van der Waals surface area contributed by atoms with Crippen LogP contribution in [0.3, 0.4) is 0 Å². The van der Waals surface area contributed by atoms with Crippen molar-refractivity contribution in [3.63, 3.8) is 0 Å². The molecule has 1 aliphatic rings. The van der Waals surface area contributed by atoms with Crippen LogP contribution in [-0.4, -0.2) is 35.7 Å². The minimum Gasteiger partial charge on any atom is -0.404 e. The number of nitrogens with zero attached hydrogens (tertiary/aromatic N) is 4. The van der Waals surface area contributed by atoms with Gasteiger partial charge in [-0.2, -0.15) is 5.26 Å². The molecule has 0 radical (unpaired) electrons. The molecule has 0 atom stereocenters. The lowest BCUT2D eigenvalue weighted by Gasteiger charge is -2.14. The summed E-state index contributed by atoms with van der Waals surface area (Å²) in [6.07, 6.45) is 7.46. The predicted octanol–water partition coefficient (Wildman–Crippen LogP) is 1.59. The van der Waals surface area contributed by atoms with E-state index in [9.17, 15) is 0 Å². The predicted molar refractivity (Wildman–Crippen MR) is 75.0 cm³/mol. The van der Waals surface area contributed by atoms with E-state index >= 15 is 0 Å². The number of likely N-dealkylation sites (tertiary alicyclic amines) is 1. The van der Waals surface area contributed by atoms with Gasteiger partial charge in [0.25, 0.3) is 0 Å². The summed E-state index contributed by atoms with van der Waals surface area (Å²) >= 11 is 0. The number of hydrogen-bond donors (Lipinski definition) is 1. The third kappa shape index (κ3) is 3.90. The molecule has 98 valence electrons. The van der Waals surface area contributed by atoms with Crippen LogP contribution in [0, 0.1) is 11.3 Å². The van der Waals surface area contributed by atoms with Gasteiger partial charge in [-0.3, -0.25) is 9.89 Å². The lowest BCUT2D eigenvalue weighted by molar-refractivity contribution is 0.373. The summed E-state index contributed by atoms with van der Waals surface area (Å²) in [6.45, 7) is 3.09. The third-order valence-electron chi connectivity index (χ3n) is 3.06. The van der Waals surface area contributed by atoms with E-state index in [2.05, 4.69) is 14.9 Å². The van der Waals surface area contributed by atoms with Crippen molar-refractivity contribution in [3.05, 3.63) is 35.8 Å². The topological polar surface area (TPSA) is 78.3 Å². The van der Waals surface area contributed by atoms with Crippen LogP contribution in [-0.2, 0) is 0 Å². The first-order valence-electron chi connectivity index (χ1n) is 6.35. The van der Waals surface area contributed by atoms with Crippen LogP contribution >= 0.6 is 0 Å². The molecule has 0 spiro atoms. The zero-order valence-corrected chi connectivity index (χ0v) is 10.8. The van der Waals surface area contributed by atoms with E-state index in [4.69, 9.17) is 11.0 Å². The molecule has 0 aromatic carbocycles. The van der Waals surface area contributed by atoms with Gasteiger partial charge in [-0.15, -0.1) is 0 Å². The zero-order chi connectivity index (χ0) is 13.5. The van der Waals surface area contributed by atoms with Crippen LogP contribution in [0.4, 0.5) is 5.69 Å². The fourth-order valence-corrected chi connectivity index (χ4v) is 2.02. The van der Waals surface area contributed by atoms with Gasteiger partial charge in [-0.05, 0) is 49.8 Å². The maximum Gasteiger partial charge on any atom is 0.140 e. The summed E-state index contributed by atoms with van der Waals surface area (Å²) in [4.78, 5) is 10.7. The molecule has 1 fully saturated rings. The minimum atomic E-state index is 0.394. The molecule has 2 heterocycles. The van der Waals surface area contributed by atoms with E-state index in [1.54, 1.807) is 30.7 Å². The van der Waals surface area contributed by atoms with Crippen LogP contribution in [0.25, 0.3) is 0 Å². The number of nitrogens with two attached hydrogens (primary N) is 1. The van der Waals surface area contributed by atoms with Gasteiger partial charge in [-0.25, -0.2) is 4.98 Å². The Morgan fingerprint density at radius 2 is 2.26 bits per heavy atom. The second-order valence-corrected chi connectivity index (χ2v) is 4.50. The van der Waals surface area contributed by atoms with Crippen molar-refractivity contribution in [3.8, 4) is 6.07 Å². The SMILES string of the molecule is N#Cc1ccc(N=C/C(=C\N)CN2CCCC2)cn1. The van der Waals surface area contributed by atoms with E-state index in [-0.39, 0.29) is 0 Å². The maximum atomic E-state index is 8.66. The molecule has 0 amide bonds. The first-order chi connectivity index (χ1) is 9.31. The Morgan fingerprint density at radius 1 is 1.47 bits per heavy atom. The Kier molecular flexibility index (Phi) is 4.65. The number of aliphatic imine (C=N–C) groups is 1. The number of nitriles is 1. The molecule has 0 unspecified atom stereocenters. The van der Waals surface area contributed by atoms with E-state index in [0.29, 0.717) is 5.69 Å². The van der Waals surface area contributed by atoms with Gasteiger partial charge in [0.05, 0.1) is 11.9 Å². The van der Waals surface area contributed by atoms with Crippen molar-refractivity contribution in [2.45, 2.75) is 12.8 Å². The number of aromatic nitrogens is 1. The van der Waals surface area contributed by atoms with Gasteiger partial charge in [0.2, 0.25) is 0 Å². The Bertz CT molecular complexity index is 504. The second-order valence-electron chi connectivity index (χ2n) is 4.50. The quantitative estimate of drug-likeness (QED) is 0.829. The average Bonchev–Trinajstić information content (AvgIpc) is 2.97. The molecule has 0 saturated carbocycles. The molecule has 19 heavy (non-hydrogen) atoms. The van der Waals surface area contributed by atoms with Crippen LogP contribution in [0.1, 0.15) is 18.5 Å². The fourth-order valence-electron chi connectivity index (χ4n) is 2.02. The highest BCUT2D eigenvalue weighted by Crippen LogP contribution is 2.12. The van der Waals surface area contributed by atoms with Crippen molar-refractivity contribution in [2.75, 3.05) is 19.6 Å².